The fraction of sp³-hybridized carbons (Fsp3) is 0.630. The predicted octanol–water partition coefficient (Wildman–Crippen LogP) is 3.04. The Morgan fingerprint density at radius 3 is 2.42 bits per heavy atom. The summed E-state index contributed by atoms with van der Waals surface area (Å²) in [7, 11) is 0. The minimum absolute atomic E-state index is 0.143. The normalized spacial score (nSPS) is 22.0. The van der Waals surface area contributed by atoms with Crippen LogP contribution in [0.3, 0.4) is 0 Å². The van der Waals surface area contributed by atoms with Crippen LogP contribution in [-0.4, -0.2) is 59.8 Å². The molecule has 1 aliphatic carbocycles. The number of nitrogens with two attached hydrogens (primary N) is 2. The second-order valence-corrected chi connectivity index (χ2v) is 10.4. The molecule has 36 heavy (non-hydrogen) atoms. The van der Waals surface area contributed by atoms with Crippen molar-refractivity contribution >= 4 is 11.5 Å². The zero-order valence-corrected chi connectivity index (χ0v) is 21.3. The minimum atomic E-state index is -0.214. The molecule has 3 aliphatic rings. The maximum atomic E-state index is 13.0. The summed E-state index contributed by atoms with van der Waals surface area (Å²) in [5.41, 5.74) is 13.5. The van der Waals surface area contributed by atoms with Crippen molar-refractivity contribution in [1.82, 2.24) is 19.8 Å². The molecular formula is C27H41N7O2. The highest BCUT2D eigenvalue weighted by Gasteiger charge is 2.29. The fourth-order valence-electron chi connectivity index (χ4n) is 6.03. The number of piperidine rings is 1. The maximum absolute atomic E-state index is 13.0. The first-order valence-electron chi connectivity index (χ1n) is 13.7. The minimum Gasteiger partial charge on any atom is -0.450 e. The van der Waals surface area contributed by atoms with E-state index in [1.165, 1.54) is 5.56 Å². The van der Waals surface area contributed by atoms with Gasteiger partial charge in [0.2, 0.25) is 0 Å². The van der Waals surface area contributed by atoms with Crippen LogP contribution in [0.15, 0.2) is 29.2 Å². The summed E-state index contributed by atoms with van der Waals surface area (Å²) in [4.78, 5) is 20.0. The lowest BCUT2D eigenvalue weighted by Crippen LogP contribution is -2.41. The van der Waals surface area contributed by atoms with E-state index in [4.69, 9.17) is 16.2 Å². The molecule has 1 saturated carbocycles. The van der Waals surface area contributed by atoms with E-state index in [1.807, 2.05) is 12.3 Å². The number of hydrogen-bond donors (Lipinski definition) is 4. The number of nitrogens with one attached hydrogen (secondary N) is 2. The van der Waals surface area contributed by atoms with Gasteiger partial charge in [0, 0.05) is 12.1 Å². The van der Waals surface area contributed by atoms with Crippen molar-refractivity contribution < 1.29 is 4.74 Å². The lowest BCUT2D eigenvalue weighted by Gasteiger charge is -2.37. The van der Waals surface area contributed by atoms with Gasteiger partial charge >= 0.3 is 5.69 Å². The molecule has 3 heterocycles. The van der Waals surface area contributed by atoms with Crippen LogP contribution in [0, 0.1) is 0 Å². The molecule has 5 rings (SSSR count). The van der Waals surface area contributed by atoms with Gasteiger partial charge in [0.1, 0.15) is 0 Å². The quantitative estimate of drug-likeness (QED) is 0.357. The van der Waals surface area contributed by atoms with Gasteiger partial charge in [0.25, 0.3) is 0 Å². The molecule has 196 valence electrons. The number of benzene rings is 1. The highest BCUT2D eigenvalue weighted by Crippen LogP contribution is 2.42. The molecule has 1 aromatic carbocycles. The Labute approximate surface area is 213 Å². The molecule has 0 unspecified atom stereocenters. The largest absolute Gasteiger partial charge is 0.450 e. The number of anilines is 2. The van der Waals surface area contributed by atoms with Gasteiger partial charge in [0.15, 0.2) is 17.3 Å². The molecule has 2 fully saturated rings. The second-order valence-electron chi connectivity index (χ2n) is 10.4. The molecule has 9 nitrogen and oxygen atoms in total. The maximum Gasteiger partial charge on any atom is 0.350 e. The first-order chi connectivity index (χ1) is 17.7. The number of nitrogens with zero attached hydrogens (tertiary/aromatic N) is 3. The summed E-state index contributed by atoms with van der Waals surface area (Å²) < 4.78 is 8.01. The predicted molar refractivity (Wildman–Crippen MR) is 143 cm³/mol. The Morgan fingerprint density at radius 1 is 1.00 bits per heavy atom. The van der Waals surface area contributed by atoms with Crippen LogP contribution in [0.4, 0.5) is 11.5 Å². The van der Waals surface area contributed by atoms with Crippen molar-refractivity contribution in [2.45, 2.75) is 69.4 Å². The molecule has 1 aromatic heterocycles. The van der Waals surface area contributed by atoms with Crippen molar-refractivity contribution in [2.24, 2.45) is 11.5 Å². The number of ether oxygens (including phenoxy) is 1. The third-order valence-electron chi connectivity index (χ3n) is 8.08. The standard InChI is InChI=1S/C27H41N7O2/c28-11-1-15-33(16-2-12-29)21-4-6-22(7-5-21)34-18-25-26(32-27(34)35)31-23-17-20(3-8-24(23)36-25)19-9-13-30-14-10-19/h3,8,17-19,21-22,30H,1-2,4-7,9-16,28-29H2,(H,31,32,35)/t21-,22-. The topological polar surface area (TPSA) is 123 Å². The Hall–Kier alpha value is -2.46. The zero-order valence-electron chi connectivity index (χ0n) is 21.3. The van der Waals surface area contributed by atoms with Crippen LogP contribution in [0.2, 0.25) is 0 Å². The molecule has 2 aliphatic heterocycles. The van der Waals surface area contributed by atoms with Gasteiger partial charge in [-0.25, -0.2) is 4.79 Å². The number of rotatable bonds is 9. The van der Waals surface area contributed by atoms with Gasteiger partial charge < -0.3 is 31.7 Å². The van der Waals surface area contributed by atoms with Crippen molar-refractivity contribution in [1.29, 1.82) is 0 Å². The Balaban J connectivity index is 1.26. The summed E-state index contributed by atoms with van der Waals surface area (Å²) in [5, 5.41) is 6.78. The van der Waals surface area contributed by atoms with E-state index in [-0.39, 0.29) is 11.7 Å². The smallest absolute Gasteiger partial charge is 0.350 e. The second kappa shape index (κ2) is 11.7. The molecule has 0 spiro atoms. The van der Waals surface area contributed by atoms with E-state index in [9.17, 15) is 4.79 Å². The Bertz CT molecular complexity index is 1070. The van der Waals surface area contributed by atoms with E-state index in [0.29, 0.717) is 36.6 Å². The van der Waals surface area contributed by atoms with Crippen molar-refractivity contribution in [2.75, 3.05) is 44.6 Å². The van der Waals surface area contributed by atoms with Crippen molar-refractivity contribution in [3.8, 4) is 11.5 Å². The molecule has 0 radical (unpaired) electrons. The van der Waals surface area contributed by atoms with Crippen molar-refractivity contribution in [3.05, 3.63) is 40.4 Å². The van der Waals surface area contributed by atoms with E-state index in [2.05, 4.69) is 32.7 Å². The molecule has 0 bridgehead atoms. The molecule has 0 atom stereocenters. The lowest BCUT2D eigenvalue weighted by atomic mass is 9.89. The molecule has 2 aromatic rings. The van der Waals surface area contributed by atoms with Crippen LogP contribution in [0.25, 0.3) is 0 Å². The summed E-state index contributed by atoms with van der Waals surface area (Å²) in [6.45, 7) is 5.56. The van der Waals surface area contributed by atoms with Gasteiger partial charge in [-0.1, -0.05) is 6.07 Å². The molecular weight excluding hydrogens is 454 g/mol. The first-order valence-corrected chi connectivity index (χ1v) is 13.7. The zero-order chi connectivity index (χ0) is 24.9. The summed E-state index contributed by atoms with van der Waals surface area (Å²) in [6, 6.07) is 7.04. The van der Waals surface area contributed by atoms with Crippen LogP contribution in [0.5, 0.6) is 11.5 Å². The number of hydrogen-bond acceptors (Lipinski definition) is 8. The Kier molecular flexibility index (Phi) is 8.21. The Morgan fingerprint density at radius 2 is 1.72 bits per heavy atom. The van der Waals surface area contributed by atoms with Gasteiger partial charge in [-0.05, 0) is 114 Å². The van der Waals surface area contributed by atoms with Gasteiger partial charge in [-0.3, -0.25) is 4.57 Å². The fourth-order valence-corrected chi connectivity index (χ4v) is 6.03. The SMILES string of the molecule is NCCCN(CCCN)[C@H]1CC[C@H](n2cc3c(nc2=O)Nc2cc(C4CCNCC4)ccc2O3)CC1. The average Bonchev–Trinajstić information content (AvgIpc) is 2.92. The number of aromatic nitrogens is 2. The monoisotopic (exact) mass is 495 g/mol. The van der Waals surface area contributed by atoms with E-state index < -0.39 is 0 Å². The highest BCUT2D eigenvalue weighted by atomic mass is 16.5. The van der Waals surface area contributed by atoms with E-state index in [0.717, 1.165) is 89.0 Å². The molecule has 0 amide bonds. The summed E-state index contributed by atoms with van der Waals surface area (Å²) in [6.07, 6.45) is 10.2. The van der Waals surface area contributed by atoms with Gasteiger partial charge in [-0.2, -0.15) is 4.98 Å². The summed E-state index contributed by atoms with van der Waals surface area (Å²) >= 11 is 0. The van der Waals surface area contributed by atoms with Gasteiger partial charge in [0.05, 0.1) is 11.9 Å². The van der Waals surface area contributed by atoms with E-state index >= 15 is 0 Å². The van der Waals surface area contributed by atoms with Gasteiger partial charge in [-0.15, -0.1) is 0 Å². The van der Waals surface area contributed by atoms with E-state index in [1.54, 1.807) is 4.57 Å². The van der Waals surface area contributed by atoms with Crippen LogP contribution < -0.4 is 32.5 Å². The van der Waals surface area contributed by atoms with Crippen molar-refractivity contribution in [3.63, 3.8) is 0 Å². The third kappa shape index (κ3) is 5.59. The first kappa shape index (κ1) is 25.2. The lowest BCUT2D eigenvalue weighted by molar-refractivity contribution is 0.134. The van der Waals surface area contributed by atoms with Crippen LogP contribution in [0.1, 0.15) is 68.9 Å². The van der Waals surface area contributed by atoms with Crippen LogP contribution >= 0.6 is 0 Å². The highest BCUT2D eigenvalue weighted by molar-refractivity contribution is 5.73. The third-order valence-corrected chi connectivity index (χ3v) is 8.08. The molecule has 6 N–H and O–H groups in total. The van der Waals surface area contributed by atoms with Crippen LogP contribution in [-0.2, 0) is 0 Å². The summed E-state index contributed by atoms with van der Waals surface area (Å²) in [5.74, 6) is 2.46. The number of fused-ring (bicyclic) bond motifs is 2. The average molecular weight is 496 g/mol. The molecule has 9 heteroatoms. The molecule has 1 saturated heterocycles.